The number of phenolic OH excluding ortho intramolecular Hbond substituents is 1. The molecule has 0 bridgehead atoms. The summed E-state index contributed by atoms with van der Waals surface area (Å²) in [6.07, 6.45) is 0. The first-order valence-electron chi connectivity index (χ1n) is 7.50. The Balaban J connectivity index is 1.59. The van der Waals surface area contributed by atoms with Crippen LogP contribution in [0.15, 0.2) is 72.8 Å². The maximum absolute atomic E-state index is 13.2. The van der Waals surface area contributed by atoms with Gasteiger partial charge in [-0.05, 0) is 48.5 Å². The van der Waals surface area contributed by atoms with Crippen LogP contribution in [0.3, 0.4) is 0 Å². The quantitative estimate of drug-likeness (QED) is 0.588. The smallest absolute Gasteiger partial charge is 0.323 e. The Labute approximate surface area is 143 Å². The second-order valence-corrected chi connectivity index (χ2v) is 5.18. The minimum atomic E-state index is -0.805. The molecule has 0 spiro atoms. The molecule has 0 aliphatic carbocycles. The number of ether oxygens (including phenoxy) is 1. The number of benzene rings is 3. The van der Waals surface area contributed by atoms with Gasteiger partial charge in [-0.15, -0.1) is 0 Å². The van der Waals surface area contributed by atoms with Gasteiger partial charge < -0.3 is 20.5 Å². The number of nitrogens with one attached hydrogen (secondary N) is 2. The van der Waals surface area contributed by atoms with Gasteiger partial charge in [0.05, 0.1) is 0 Å². The monoisotopic (exact) mass is 338 g/mol. The molecule has 126 valence electrons. The van der Waals surface area contributed by atoms with Gasteiger partial charge >= 0.3 is 6.03 Å². The second kappa shape index (κ2) is 7.35. The summed E-state index contributed by atoms with van der Waals surface area (Å²) < 4.78 is 18.9. The zero-order valence-corrected chi connectivity index (χ0v) is 13.1. The van der Waals surface area contributed by atoms with E-state index >= 15 is 0 Å². The van der Waals surface area contributed by atoms with E-state index in [1.807, 2.05) is 30.3 Å². The van der Waals surface area contributed by atoms with Crippen molar-refractivity contribution in [2.24, 2.45) is 0 Å². The average Bonchev–Trinajstić information content (AvgIpc) is 2.61. The van der Waals surface area contributed by atoms with Gasteiger partial charge in [0.25, 0.3) is 0 Å². The minimum absolute atomic E-state index is 0.233. The van der Waals surface area contributed by atoms with E-state index in [1.165, 1.54) is 12.1 Å². The fraction of sp³-hybridized carbons (Fsp3) is 0. The molecule has 25 heavy (non-hydrogen) atoms. The summed E-state index contributed by atoms with van der Waals surface area (Å²) in [6.45, 7) is 0. The number of phenols is 1. The molecule has 3 aromatic carbocycles. The lowest BCUT2D eigenvalue weighted by Gasteiger charge is -2.09. The number of carbonyl (C=O) groups is 1. The highest BCUT2D eigenvalue weighted by molar-refractivity contribution is 5.99. The topological polar surface area (TPSA) is 70.6 Å². The number of rotatable bonds is 4. The number of halogens is 1. The molecule has 0 heterocycles. The average molecular weight is 338 g/mol. The summed E-state index contributed by atoms with van der Waals surface area (Å²) in [5, 5.41) is 14.2. The number of amides is 2. The molecule has 0 saturated heterocycles. The molecule has 3 aromatic rings. The third kappa shape index (κ3) is 4.48. The van der Waals surface area contributed by atoms with Gasteiger partial charge in [0.15, 0.2) is 11.6 Å². The molecule has 0 aliphatic heterocycles. The molecule has 0 unspecified atom stereocenters. The van der Waals surface area contributed by atoms with E-state index < -0.39 is 17.6 Å². The fourth-order valence-corrected chi connectivity index (χ4v) is 2.11. The molecule has 6 heteroatoms. The van der Waals surface area contributed by atoms with Crippen molar-refractivity contribution in [1.29, 1.82) is 0 Å². The van der Waals surface area contributed by atoms with Crippen LogP contribution < -0.4 is 15.4 Å². The number of hydrogen-bond acceptors (Lipinski definition) is 3. The van der Waals surface area contributed by atoms with Crippen LogP contribution in [0.1, 0.15) is 0 Å². The first-order valence-corrected chi connectivity index (χ1v) is 7.50. The van der Waals surface area contributed by atoms with Gasteiger partial charge in [0.2, 0.25) is 0 Å². The molecule has 0 fully saturated rings. The number of carbonyl (C=O) groups excluding carboxylic acids is 1. The predicted octanol–water partition coefficient (Wildman–Crippen LogP) is 4.97. The lowest BCUT2D eigenvalue weighted by Crippen LogP contribution is -2.19. The highest BCUT2D eigenvalue weighted by Crippen LogP contribution is 2.23. The molecule has 0 aromatic heterocycles. The van der Waals surface area contributed by atoms with Crippen LogP contribution in [-0.2, 0) is 0 Å². The van der Waals surface area contributed by atoms with E-state index in [9.17, 15) is 9.18 Å². The Kier molecular flexibility index (Phi) is 4.80. The maximum atomic E-state index is 13.2. The first-order chi connectivity index (χ1) is 12.1. The van der Waals surface area contributed by atoms with Crippen LogP contribution >= 0.6 is 0 Å². The second-order valence-electron chi connectivity index (χ2n) is 5.18. The van der Waals surface area contributed by atoms with Gasteiger partial charge in [-0.1, -0.05) is 18.2 Å². The Hall–Kier alpha value is -3.54. The van der Waals surface area contributed by atoms with E-state index in [4.69, 9.17) is 9.84 Å². The third-order valence-corrected chi connectivity index (χ3v) is 3.30. The standard InChI is InChI=1S/C19H15FN2O3/c20-17-12-14(8-11-18(17)23)22-19(24)21-13-6-9-16(10-7-13)25-15-4-2-1-3-5-15/h1-12,23H,(H2,21,22,24). The Morgan fingerprint density at radius 2 is 1.44 bits per heavy atom. The molecular weight excluding hydrogens is 323 g/mol. The van der Waals surface area contributed by atoms with Gasteiger partial charge in [-0.3, -0.25) is 0 Å². The van der Waals surface area contributed by atoms with Crippen molar-refractivity contribution >= 4 is 17.4 Å². The van der Waals surface area contributed by atoms with E-state index in [0.717, 1.165) is 11.8 Å². The molecular formula is C19H15FN2O3. The minimum Gasteiger partial charge on any atom is -0.505 e. The van der Waals surface area contributed by atoms with Crippen molar-refractivity contribution in [1.82, 2.24) is 0 Å². The molecule has 3 N–H and O–H groups in total. The Morgan fingerprint density at radius 3 is 2.12 bits per heavy atom. The largest absolute Gasteiger partial charge is 0.505 e. The van der Waals surface area contributed by atoms with Crippen LogP contribution in [-0.4, -0.2) is 11.1 Å². The lowest BCUT2D eigenvalue weighted by molar-refractivity contribution is 0.262. The van der Waals surface area contributed by atoms with E-state index in [0.29, 0.717) is 11.4 Å². The van der Waals surface area contributed by atoms with Crippen molar-refractivity contribution in [2.75, 3.05) is 10.6 Å². The van der Waals surface area contributed by atoms with Crippen molar-refractivity contribution < 1.29 is 19.0 Å². The molecule has 5 nitrogen and oxygen atoms in total. The van der Waals surface area contributed by atoms with Gasteiger partial charge in [0.1, 0.15) is 11.5 Å². The normalized spacial score (nSPS) is 10.1. The molecule has 0 radical (unpaired) electrons. The summed E-state index contributed by atoms with van der Waals surface area (Å²) in [6, 6.07) is 19.2. The molecule has 0 saturated carbocycles. The summed E-state index contributed by atoms with van der Waals surface area (Å²) in [5.74, 6) is 0.0771. The van der Waals surface area contributed by atoms with E-state index in [-0.39, 0.29) is 5.69 Å². The fourth-order valence-electron chi connectivity index (χ4n) is 2.11. The van der Waals surface area contributed by atoms with E-state index in [1.54, 1.807) is 24.3 Å². The van der Waals surface area contributed by atoms with Crippen molar-refractivity contribution in [2.45, 2.75) is 0 Å². The summed E-state index contributed by atoms with van der Waals surface area (Å²) in [5.41, 5.74) is 0.786. The lowest BCUT2D eigenvalue weighted by atomic mass is 10.3. The summed E-state index contributed by atoms with van der Waals surface area (Å²) in [7, 11) is 0. The van der Waals surface area contributed by atoms with Gasteiger partial charge in [-0.25, -0.2) is 9.18 Å². The highest BCUT2D eigenvalue weighted by atomic mass is 19.1. The zero-order chi connectivity index (χ0) is 17.6. The van der Waals surface area contributed by atoms with Crippen molar-refractivity contribution in [3.05, 3.63) is 78.6 Å². The molecule has 2 amide bonds. The Morgan fingerprint density at radius 1 is 0.840 bits per heavy atom. The van der Waals surface area contributed by atoms with Crippen LogP contribution in [0.5, 0.6) is 17.2 Å². The molecule has 3 rings (SSSR count). The number of hydrogen-bond donors (Lipinski definition) is 3. The van der Waals surface area contributed by atoms with Crippen LogP contribution in [0, 0.1) is 5.82 Å². The van der Waals surface area contributed by atoms with E-state index in [2.05, 4.69) is 10.6 Å². The zero-order valence-electron chi connectivity index (χ0n) is 13.1. The maximum Gasteiger partial charge on any atom is 0.323 e. The molecule has 0 atom stereocenters. The predicted molar refractivity (Wildman–Crippen MR) is 93.7 cm³/mol. The first kappa shape index (κ1) is 16.3. The van der Waals surface area contributed by atoms with Crippen LogP contribution in [0.2, 0.25) is 0 Å². The van der Waals surface area contributed by atoms with Crippen LogP contribution in [0.25, 0.3) is 0 Å². The number of urea groups is 1. The third-order valence-electron chi connectivity index (χ3n) is 3.30. The summed E-state index contributed by atoms with van der Waals surface area (Å²) in [4.78, 5) is 11.9. The van der Waals surface area contributed by atoms with Crippen molar-refractivity contribution in [3.8, 4) is 17.2 Å². The number of anilines is 2. The SMILES string of the molecule is O=C(Nc1ccc(Oc2ccccc2)cc1)Nc1ccc(O)c(F)c1. The van der Waals surface area contributed by atoms with Gasteiger partial charge in [-0.2, -0.15) is 0 Å². The molecule has 0 aliphatic rings. The summed E-state index contributed by atoms with van der Waals surface area (Å²) >= 11 is 0. The number of para-hydroxylation sites is 1. The Bertz CT molecular complexity index is 868. The van der Waals surface area contributed by atoms with Gasteiger partial charge in [0, 0.05) is 17.4 Å². The highest BCUT2D eigenvalue weighted by Gasteiger charge is 2.06. The van der Waals surface area contributed by atoms with Crippen LogP contribution in [0.4, 0.5) is 20.6 Å². The van der Waals surface area contributed by atoms with Crippen molar-refractivity contribution in [3.63, 3.8) is 0 Å². The number of aromatic hydroxyl groups is 1.